The van der Waals surface area contributed by atoms with Crippen molar-refractivity contribution in [1.82, 2.24) is 4.98 Å². The SMILES string of the molecule is Br.N=C(N)c1nc2c(s1)C(=O)CCC2. The highest BCUT2D eigenvalue weighted by molar-refractivity contribution is 8.93. The molecule has 76 valence electrons. The van der Waals surface area contributed by atoms with Crippen molar-refractivity contribution in [2.24, 2.45) is 5.73 Å². The summed E-state index contributed by atoms with van der Waals surface area (Å²) in [4.78, 5) is 16.2. The second kappa shape index (κ2) is 4.18. The lowest BCUT2D eigenvalue weighted by atomic mass is 10.0. The van der Waals surface area contributed by atoms with Crippen LogP contribution in [0.15, 0.2) is 0 Å². The van der Waals surface area contributed by atoms with E-state index in [1.54, 1.807) is 0 Å². The van der Waals surface area contributed by atoms with Crippen LogP contribution in [0.3, 0.4) is 0 Å². The molecular weight excluding hydrogens is 266 g/mol. The molecule has 1 aromatic rings. The van der Waals surface area contributed by atoms with Crippen LogP contribution in [0.1, 0.15) is 33.2 Å². The molecule has 2 rings (SSSR count). The monoisotopic (exact) mass is 275 g/mol. The van der Waals surface area contributed by atoms with Gasteiger partial charge in [0.25, 0.3) is 0 Å². The van der Waals surface area contributed by atoms with Gasteiger partial charge < -0.3 is 5.73 Å². The summed E-state index contributed by atoms with van der Waals surface area (Å²) in [5, 5.41) is 7.67. The number of nitrogens with one attached hydrogen (secondary N) is 1. The minimum absolute atomic E-state index is 0. The smallest absolute Gasteiger partial charge is 0.174 e. The number of nitrogens with two attached hydrogens (primary N) is 1. The van der Waals surface area contributed by atoms with Crippen LogP contribution in [0, 0.1) is 5.41 Å². The zero-order valence-corrected chi connectivity index (χ0v) is 9.90. The second-order valence-electron chi connectivity index (χ2n) is 2.99. The van der Waals surface area contributed by atoms with E-state index >= 15 is 0 Å². The first-order chi connectivity index (χ1) is 6.18. The fraction of sp³-hybridized carbons (Fsp3) is 0.375. The zero-order valence-electron chi connectivity index (χ0n) is 7.37. The molecule has 0 aromatic carbocycles. The van der Waals surface area contributed by atoms with Crippen LogP contribution >= 0.6 is 28.3 Å². The number of ketones is 1. The van der Waals surface area contributed by atoms with E-state index < -0.39 is 0 Å². The predicted molar refractivity (Wildman–Crippen MR) is 60.7 cm³/mol. The van der Waals surface area contributed by atoms with Gasteiger partial charge in [0, 0.05) is 6.42 Å². The van der Waals surface area contributed by atoms with Crippen LogP contribution in [0.2, 0.25) is 0 Å². The molecule has 1 heterocycles. The molecule has 0 unspecified atom stereocenters. The second-order valence-corrected chi connectivity index (χ2v) is 3.98. The zero-order chi connectivity index (χ0) is 9.42. The highest BCUT2D eigenvalue weighted by Gasteiger charge is 2.22. The summed E-state index contributed by atoms with van der Waals surface area (Å²) in [6.07, 6.45) is 2.31. The minimum Gasteiger partial charge on any atom is -0.382 e. The number of Topliss-reactive ketones (excluding diaryl/α,β-unsaturated/α-hetero) is 1. The molecule has 0 saturated carbocycles. The molecule has 0 atom stereocenters. The molecule has 1 aliphatic carbocycles. The van der Waals surface area contributed by atoms with Crippen LogP contribution in [-0.4, -0.2) is 16.6 Å². The number of halogens is 1. The normalized spacial score (nSPS) is 14.4. The number of thiazole rings is 1. The van der Waals surface area contributed by atoms with Gasteiger partial charge in [0.15, 0.2) is 16.6 Å². The van der Waals surface area contributed by atoms with Crippen molar-refractivity contribution in [3.63, 3.8) is 0 Å². The third-order valence-electron chi connectivity index (χ3n) is 2.00. The van der Waals surface area contributed by atoms with Crippen LogP contribution in [0.5, 0.6) is 0 Å². The minimum atomic E-state index is -0.0489. The van der Waals surface area contributed by atoms with E-state index in [1.807, 2.05) is 0 Å². The lowest BCUT2D eigenvalue weighted by Crippen LogP contribution is -2.10. The predicted octanol–water partition coefficient (Wildman–Crippen LogP) is 1.52. The summed E-state index contributed by atoms with van der Waals surface area (Å²) >= 11 is 1.24. The largest absolute Gasteiger partial charge is 0.382 e. The molecule has 0 aliphatic heterocycles. The van der Waals surface area contributed by atoms with Crippen LogP contribution in [0.4, 0.5) is 0 Å². The van der Waals surface area contributed by atoms with Gasteiger partial charge >= 0.3 is 0 Å². The number of amidine groups is 1. The highest BCUT2D eigenvalue weighted by atomic mass is 79.9. The van der Waals surface area contributed by atoms with Gasteiger partial charge in [-0.3, -0.25) is 10.2 Å². The van der Waals surface area contributed by atoms with Gasteiger partial charge in [0.2, 0.25) is 0 Å². The Morgan fingerprint density at radius 1 is 1.50 bits per heavy atom. The van der Waals surface area contributed by atoms with Crippen molar-refractivity contribution in [3.8, 4) is 0 Å². The third kappa shape index (κ3) is 1.85. The van der Waals surface area contributed by atoms with Crippen molar-refractivity contribution < 1.29 is 4.79 Å². The summed E-state index contributed by atoms with van der Waals surface area (Å²) in [7, 11) is 0. The summed E-state index contributed by atoms with van der Waals surface area (Å²) < 4.78 is 0. The number of aryl methyl sites for hydroxylation is 1. The molecular formula is C8H10BrN3OS. The number of carbonyl (C=O) groups excluding carboxylic acids is 1. The van der Waals surface area contributed by atoms with Gasteiger partial charge in [-0.05, 0) is 12.8 Å². The van der Waals surface area contributed by atoms with E-state index in [0.717, 1.165) is 18.5 Å². The number of fused-ring (bicyclic) bond motifs is 1. The number of aromatic nitrogens is 1. The molecule has 0 saturated heterocycles. The molecule has 4 nitrogen and oxygen atoms in total. The Labute approximate surface area is 95.8 Å². The number of rotatable bonds is 1. The van der Waals surface area contributed by atoms with E-state index in [-0.39, 0.29) is 28.6 Å². The van der Waals surface area contributed by atoms with Crippen molar-refractivity contribution >= 4 is 39.9 Å². The van der Waals surface area contributed by atoms with Gasteiger partial charge in [0.1, 0.15) is 0 Å². The quantitative estimate of drug-likeness (QED) is 0.603. The Morgan fingerprint density at radius 2 is 2.21 bits per heavy atom. The van der Waals surface area contributed by atoms with Crippen LogP contribution in [0.25, 0.3) is 0 Å². The Kier molecular flexibility index (Phi) is 3.38. The van der Waals surface area contributed by atoms with Gasteiger partial charge in [-0.1, -0.05) is 0 Å². The van der Waals surface area contributed by atoms with Gasteiger partial charge in [0.05, 0.1) is 10.6 Å². The Balaban J connectivity index is 0.000000980. The molecule has 0 amide bonds. The van der Waals surface area contributed by atoms with Crippen molar-refractivity contribution in [2.75, 3.05) is 0 Å². The summed E-state index contributed by atoms with van der Waals surface area (Å²) in [5.74, 6) is 0.0958. The average molecular weight is 276 g/mol. The van der Waals surface area contributed by atoms with Gasteiger partial charge in [-0.15, -0.1) is 28.3 Å². The first-order valence-corrected chi connectivity index (χ1v) is 4.87. The highest BCUT2D eigenvalue weighted by Crippen LogP contribution is 2.26. The van der Waals surface area contributed by atoms with E-state index in [4.69, 9.17) is 11.1 Å². The fourth-order valence-electron chi connectivity index (χ4n) is 1.38. The maximum atomic E-state index is 11.4. The van der Waals surface area contributed by atoms with E-state index in [9.17, 15) is 4.79 Å². The molecule has 0 fully saturated rings. The Hall–Kier alpha value is -0.750. The van der Waals surface area contributed by atoms with E-state index in [1.165, 1.54) is 11.3 Å². The Morgan fingerprint density at radius 3 is 2.79 bits per heavy atom. The van der Waals surface area contributed by atoms with Gasteiger partial charge in [-0.2, -0.15) is 0 Å². The van der Waals surface area contributed by atoms with Crippen LogP contribution < -0.4 is 5.73 Å². The molecule has 14 heavy (non-hydrogen) atoms. The first-order valence-electron chi connectivity index (χ1n) is 4.06. The maximum absolute atomic E-state index is 11.4. The molecule has 3 N–H and O–H groups in total. The molecule has 6 heteroatoms. The molecule has 0 bridgehead atoms. The molecule has 0 spiro atoms. The van der Waals surface area contributed by atoms with Crippen molar-refractivity contribution in [3.05, 3.63) is 15.6 Å². The van der Waals surface area contributed by atoms with Gasteiger partial charge in [-0.25, -0.2) is 4.98 Å². The standard InChI is InChI=1S/C8H9N3OS.BrH/c9-7(10)8-11-4-2-1-3-5(12)6(4)13-8;/h1-3H2,(H3,9,10);1H. The summed E-state index contributed by atoms with van der Waals surface area (Å²) in [6.45, 7) is 0. The number of hydrogen-bond acceptors (Lipinski definition) is 4. The topological polar surface area (TPSA) is 79.8 Å². The summed E-state index contributed by atoms with van der Waals surface area (Å²) in [5.41, 5.74) is 6.12. The first kappa shape index (κ1) is 11.3. The molecule has 1 aliphatic rings. The van der Waals surface area contributed by atoms with E-state index in [2.05, 4.69) is 4.98 Å². The Bertz CT molecular complexity index is 388. The van der Waals surface area contributed by atoms with E-state index in [0.29, 0.717) is 16.3 Å². The number of nitrogen functional groups attached to an aromatic ring is 1. The molecule has 1 aromatic heterocycles. The van der Waals surface area contributed by atoms with Crippen molar-refractivity contribution in [2.45, 2.75) is 19.3 Å². The number of carbonyl (C=O) groups is 1. The molecule has 0 radical (unpaired) electrons. The number of nitrogens with zero attached hydrogens (tertiary/aromatic N) is 1. The van der Waals surface area contributed by atoms with Crippen molar-refractivity contribution in [1.29, 1.82) is 5.41 Å². The number of hydrogen-bond donors (Lipinski definition) is 2. The third-order valence-corrected chi connectivity index (χ3v) is 3.17. The maximum Gasteiger partial charge on any atom is 0.174 e. The average Bonchev–Trinajstić information content (AvgIpc) is 2.49. The lowest BCUT2D eigenvalue weighted by molar-refractivity contribution is 0.0976. The van der Waals surface area contributed by atoms with Crippen LogP contribution in [-0.2, 0) is 6.42 Å². The lowest BCUT2D eigenvalue weighted by Gasteiger charge is -2.06. The fourth-order valence-corrected chi connectivity index (χ4v) is 2.32. The summed E-state index contributed by atoms with van der Waals surface area (Å²) in [6, 6.07) is 0.